The Hall–Kier alpha value is -1.71. The number of methoxy groups -OCH3 is 1. The normalized spacial score (nSPS) is 20.4. The predicted octanol–water partition coefficient (Wildman–Crippen LogP) is 1.73. The third-order valence-electron chi connectivity index (χ3n) is 3.02. The number of benzene rings is 1. The van der Waals surface area contributed by atoms with Crippen LogP contribution in [0.15, 0.2) is 24.3 Å². The fraction of sp³-hybridized carbons (Fsp3) is 0.417. The van der Waals surface area contributed by atoms with Crippen LogP contribution in [-0.2, 0) is 0 Å². The fourth-order valence-electron chi connectivity index (χ4n) is 2.04. The zero-order valence-corrected chi connectivity index (χ0v) is 9.80. The summed E-state index contributed by atoms with van der Waals surface area (Å²) in [6.07, 6.45) is 0. The van der Waals surface area contributed by atoms with Crippen LogP contribution in [0.3, 0.4) is 0 Å². The summed E-state index contributed by atoms with van der Waals surface area (Å²) in [5.74, 6) is 0.827. The minimum atomic E-state index is 0.0628. The summed E-state index contributed by atoms with van der Waals surface area (Å²) >= 11 is 0. The molecular weight excluding hydrogens is 204 g/mol. The van der Waals surface area contributed by atoms with Crippen LogP contribution < -0.4 is 4.74 Å². The highest BCUT2D eigenvalue weighted by Crippen LogP contribution is 2.28. The lowest BCUT2D eigenvalue weighted by Gasteiger charge is -2.18. The van der Waals surface area contributed by atoms with E-state index >= 15 is 0 Å². The van der Waals surface area contributed by atoms with Crippen molar-refractivity contribution < 1.29 is 9.53 Å². The largest absolute Gasteiger partial charge is 0.497 e. The van der Waals surface area contributed by atoms with E-state index in [-0.39, 0.29) is 12.1 Å². The molecule has 1 saturated heterocycles. The van der Waals surface area contributed by atoms with Crippen molar-refractivity contribution in [1.82, 2.24) is 9.80 Å². The van der Waals surface area contributed by atoms with Crippen molar-refractivity contribution in [2.75, 3.05) is 27.7 Å². The molecule has 1 aromatic carbocycles. The summed E-state index contributed by atoms with van der Waals surface area (Å²) in [4.78, 5) is 15.1. The molecule has 1 unspecified atom stereocenters. The summed E-state index contributed by atoms with van der Waals surface area (Å²) in [5, 5.41) is 0. The molecule has 1 heterocycles. The second-order valence-electron chi connectivity index (χ2n) is 4.07. The van der Waals surface area contributed by atoms with E-state index in [1.807, 2.05) is 38.4 Å². The molecule has 4 nitrogen and oxygen atoms in total. The van der Waals surface area contributed by atoms with Gasteiger partial charge in [-0.3, -0.25) is 0 Å². The third-order valence-corrected chi connectivity index (χ3v) is 3.02. The Bertz CT molecular complexity index is 406. The molecule has 0 radical (unpaired) electrons. The zero-order chi connectivity index (χ0) is 11.7. The Morgan fingerprint density at radius 2 is 2.12 bits per heavy atom. The van der Waals surface area contributed by atoms with Crippen LogP contribution in [0.2, 0.25) is 0 Å². The van der Waals surface area contributed by atoms with Gasteiger partial charge in [0.05, 0.1) is 13.2 Å². The van der Waals surface area contributed by atoms with Gasteiger partial charge in [-0.1, -0.05) is 12.1 Å². The van der Waals surface area contributed by atoms with E-state index in [0.717, 1.165) is 17.9 Å². The van der Waals surface area contributed by atoms with Gasteiger partial charge in [0.2, 0.25) is 0 Å². The van der Waals surface area contributed by atoms with Gasteiger partial charge in [-0.05, 0) is 17.7 Å². The highest BCUT2D eigenvalue weighted by atomic mass is 16.5. The Morgan fingerprint density at radius 3 is 2.69 bits per heavy atom. The monoisotopic (exact) mass is 220 g/mol. The second kappa shape index (κ2) is 4.04. The third kappa shape index (κ3) is 1.71. The zero-order valence-electron chi connectivity index (χ0n) is 9.80. The first-order valence-electron chi connectivity index (χ1n) is 5.25. The SMILES string of the molecule is COc1cccc(C2CN(C)C(=O)N2C)c1. The Balaban J connectivity index is 2.27. The number of ether oxygens (including phenoxy) is 1. The maximum absolute atomic E-state index is 11.7. The van der Waals surface area contributed by atoms with Crippen molar-refractivity contribution in [3.05, 3.63) is 29.8 Å². The minimum absolute atomic E-state index is 0.0628. The predicted molar refractivity (Wildman–Crippen MR) is 61.5 cm³/mol. The number of urea groups is 1. The number of carbonyl (C=O) groups is 1. The lowest BCUT2D eigenvalue weighted by molar-refractivity contribution is 0.201. The number of nitrogens with zero attached hydrogens (tertiary/aromatic N) is 2. The molecule has 0 N–H and O–H groups in total. The van der Waals surface area contributed by atoms with Crippen molar-refractivity contribution >= 4 is 6.03 Å². The highest BCUT2D eigenvalue weighted by molar-refractivity contribution is 5.76. The summed E-state index contributed by atoms with van der Waals surface area (Å²) < 4.78 is 5.19. The van der Waals surface area contributed by atoms with Crippen LogP contribution in [-0.4, -0.2) is 43.6 Å². The molecule has 86 valence electrons. The molecule has 2 amide bonds. The van der Waals surface area contributed by atoms with Crippen LogP contribution in [0, 0.1) is 0 Å². The molecule has 0 spiro atoms. The number of rotatable bonds is 2. The van der Waals surface area contributed by atoms with Crippen molar-refractivity contribution in [2.24, 2.45) is 0 Å². The summed E-state index contributed by atoms with van der Waals surface area (Å²) in [6.45, 7) is 0.725. The second-order valence-corrected chi connectivity index (χ2v) is 4.07. The number of amides is 2. The fourth-order valence-corrected chi connectivity index (χ4v) is 2.04. The molecule has 1 atom stereocenters. The van der Waals surface area contributed by atoms with Gasteiger partial charge in [0.25, 0.3) is 0 Å². The van der Waals surface area contributed by atoms with Gasteiger partial charge < -0.3 is 14.5 Å². The lowest BCUT2D eigenvalue weighted by atomic mass is 10.1. The van der Waals surface area contributed by atoms with Gasteiger partial charge in [-0.15, -0.1) is 0 Å². The van der Waals surface area contributed by atoms with Crippen molar-refractivity contribution in [2.45, 2.75) is 6.04 Å². The lowest BCUT2D eigenvalue weighted by Crippen LogP contribution is -2.26. The van der Waals surface area contributed by atoms with E-state index in [1.165, 1.54) is 0 Å². The van der Waals surface area contributed by atoms with Crippen LogP contribution in [0.4, 0.5) is 4.79 Å². The minimum Gasteiger partial charge on any atom is -0.497 e. The summed E-state index contributed by atoms with van der Waals surface area (Å²) in [7, 11) is 5.30. The Labute approximate surface area is 95.4 Å². The molecular formula is C12H16N2O2. The number of hydrogen-bond donors (Lipinski definition) is 0. The van der Waals surface area contributed by atoms with E-state index < -0.39 is 0 Å². The van der Waals surface area contributed by atoms with E-state index in [2.05, 4.69) is 0 Å². The van der Waals surface area contributed by atoms with Gasteiger partial charge in [0, 0.05) is 20.6 Å². The maximum Gasteiger partial charge on any atom is 0.320 e. The first-order valence-corrected chi connectivity index (χ1v) is 5.25. The van der Waals surface area contributed by atoms with Gasteiger partial charge in [0.15, 0.2) is 0 Å². The van der Waals surface area contributed by atoms with Gasteiger partial charge in [-0.2, -0.15) is 0 Å². The van der Waals surface area contributed by atoms with Gasteiger partial charge in [-0.25, -0.2) is 4.79 Å². The smallest absolute Gasteiger partial charge is 0.320 e. The first-order chi connectivity index (χ1) is 7.63. The van der Waals surface area contributed by atoms with E-state index in [9.17, 15) is 4.79 Å². The molecule has 0 aliphatic carbocycles. The quantitative estimate of drug-likeness (QED) is 0.760. The van der Waals surface area contributed by atoms with Crippen molar-refractivity contribution in [1.29, 1.82) is 0 Å². The average Bonchev–Trinajstić information content (AvgIpc) is 2.57. The molecule has 1 aromatic rings. The van der Waals surface area contributed by atoms with Crippen LogP contribution in [0.1, 0.15) is 11.6 Å². The topological polar surface area (TPSA) is 32.8 Å². The maximum atomic E-state index is 11.7. The molecule has 4 heteroatoms. The molecule has 2 rings (SSSR count). The highest BCUT2D eigenvalue weighted by Gasteiger charge is 2.33. The molecule has 16 heavy (non-hydrogen) atoms. The van der Waals surface area contributed by atoms with Crippen LogP contribution >= 0.6 is 0 Å². The van der Waals surface area contributed by atoms with Gasteiger partial charge in [0.1, 0.15) is 5.75 Å². The number of hydrogen-bond acceptors (Lipinski definition) is 2. The van der Waals surface area contributed by atoms with Crippen LogP contribution in [0.25, 0.3) is 0 Å². The molecule has 0 saturated carbocycles. The van der Waals surface area contributed by atoms with Crippen LogP contribution in [0.5, 0.6) is 5.75 Å². The number of likely N-dealkylation sites (N-methyl/N-ethyl adjacent to an activating group) is 2. The Morgan fingerprint density at radius 1 is 1.38 bits per heavy atom. The molecule has 1 aliphatic rings. The molecule has 0 bridgehead atoms. The summed E-state index contributed by atoms with van der Waals surface area (Å²) in [5.41, 5.74) is 1.11. The molecule has 0 aromatic heterocycles. The standard InChI is InChI=1S/C12H16N2O2/c1-13-8-11(14(2)12(13)15)9-5-4-6-10(7-9)16-3/h4-7,11H,8H2,1-3H3. The number of carbonyl (C=O) groups excluding carboxylic acids is 1. The van der Waals surface area contributed by atoms with E-state index in [1.54, 1.807) is 16.9 Å². The van der Waals surface area contributed by atoms with Gasteiger partial charge >= 0.3 is 6.03 Å². The van der Waals surface area contributed by atoms with Crippen molar-refractivity contribution in [3.8, 4) is 5.75 Å². The summed E-state index contributed by atoms with van der Waals surface area (Å²) in [6, 6.07) is 8.04. The first kappa shape index (κ1) is 10.8. The average molecular weight is 220 g/mol. The molecule has 1 fully saturated rings. The van der Waals surface area contributed by atoms with E-state index in [0.29, 0.717) is 0 Å². The van der Waals surface area contributed by atoms with E-state index in [4.69, 9.17) is 4.74 Å². The van der Waals surface area contributed by atoms with Crippen molar-refractivity contribution in [3.63, 3.8) is 0 Å². The molecule has 1 aliphatic heterocycles. The Kier molecular flexibility index (Phi) is 2.73.